The van der Waals surface area contributed by atoms with Crippen LogP contribution in [0.15, 0.2) is 34.3 Å². The quantitative estimate of drug-likeness (QED) is 0.706. The highest BCUT2D eigenvalue weighted by molar-refractivity contribution is 7.92. The van der Waals surface area contributed by atoms with E-state index in [1.165, 1.54) is 20.9 Å². The number of ether oxygens (including phenoxy) is 1. The minimum absolute atomic E-state index is 0.00892. The largest absolute Gasteiger partial charge is 0.379 e. The fourth-order valence-corrected chi connectivity index (χ4v) is 6.45. The zero-order chi connectivity index (χ0) is 20.1. The van der Waals surface area contributed by atoms with Gasteiger partial charge in [-0.25, -0.2) is 13.4 Å². The summed E-state index contributed by atoms with van der Waals surface area (Å²) in [5.41, 5.74) is 1.20. The van der Waals surface area contributed by atoms with Gasteiger partial charge < -0.3 is 9.30 Å². The van der Waals surface area contributed by atoms with E-state index in [1.54, 1.807) is 30.7 Å². The molecule has 2 aromatic rings. The number of hydrogen-bond acceptors (Lipinski definition) is 6. The maximum atomic E-state index is 13.0. The lowest BCUT2D eigenvalue weighted by molar-refractivity contribution is 0.0730. The summed E-state index contributed by atoms with van der Waals surface area (Å²) in [4.78, 5) is 4.32. The number of aryl methyl sites for hydroxylation is 2. The molecule has 0 spiro atoms. The second kappa shape index (κ2) is 6.83. The molecule has 0 amide bonds. The summed E-state index contributed by atoms with van der Waals surface area (Å²) in [6, 6.07) is 4.63. The molecule has 28 heavy (non-hydrogen) atoms. The van der Waals surface area contributed by atoms with E-state index in [0.29, 0.717) is 49.8 Å². The third kappa shape index (κ3) is 3.11. The standard InChI is InChI=1S/C17H22N4O5S2/c1-13-18-17(12-19(13)2)28(24,25)21-6-5-14-11-15(3-4-16(14)21)27(22,23)20-7-9-26-10-8-20/h3-4,11-12H,5-10H2,1-2H3. The van der Waals surface area contributed by atoms with Crippen LogP contribution in [0.4, 0.5) is 5.69 Å². The highest BCUT2D eigenvalue weighted by Gasteiger charge is 2.34. The van der Waals surface area contributed by atoms with Gasteiger partial charge in [0.2, 0.25) is 10.0 Å². The molecule has 0 bridgehead atoms. The van der Waals surface area contributed by atoms with E-state index in [4.69, 9.17) is 4.74 Å². The van der Waals surface area contributed by atoms with Crippen molar-refractivity contribution in [2.75, 3.05) is 37.2 Å². The fourth-order valence-electron chi connectivity index (χ4n) is 3.46. The molecule has 0 aliphatic carbocycles. The maximum Gasteiger partial charge on any atom is 0.283 e. The van der Waals surface area contributed by atoms with Gasteiger partial charge in [-0.05, 0) is 37.1 Å². The highest BCUT2D eigenvalue weighted by Crippen LogP contribution is 2.34. The van der Waals surface area contributed by atoms with Crippen LogP contribution in [0, 0.1) is 6.92 Å². The molecule has 2 aliphatic rings. The molecule has 0 N–H and O–H groups in total. The van der Waals surface area contributed by atoms with Crippen molar-refractivity contribution in [3.8, 4) is 0 Å². The average molecular weight is 427 g/mol. The average Bonchev–Trinajstić information content (AvgIpc) is 3.26. The topological polar surface area (TPSA) is 102 Å². The molecule has 11 heteroatoms. The Morgan fingerprint density at radius 1 is 1.04 bits per heavy atom. The van der Waals surface area contributed by atoms with Crippen LogP contribution < -0.4 is 4.31 Å². The Bertz CT molecular complexity index is 1100. The smallest absolute Gasteiger partial charge is 0.283 e. The molecule has 3 heterocycles. The molecule has 0 radical (unpaired) electrons. The van der Waals surface area contributed by atoms with Crippen LogP contribution in [0.3, 0.4) is 0 Å². The first-order valence-corrected chi connectivity index (χ1v) is 11.8. The van der Waals surface area contributed by atoms with Crippen LogP contribution in [-0.4, -0.2) is 63.5 Å². The van der Waals surface area contributed by atoms with Crippen LogP contribution in [0.25, 0.3) is 0 Å². The van der Waals surface area contributed by atoms with E-state index in [2.05, 4.69) is 4.98 Å². The van der Waals surface area contributed by atoms with Crippen molar-refractivity contribution in [1.29, 1.82) is 0 Å². The Morgan fingerprint density at radius 2 is 1.75 bits per heavy atom. The van der Waals surface area contributed by atoms with E-state index in [9.17, 15) is 16.8 Å². The number of sulfonamides is 2. The Labute approximate surface area is 164 Å². The summed E-state index contributed by atoms with van der Waals surface area (Å²) < 4.78 is 61.3. The Hall–Kier alpha value is -1.95. The molecule has 0 atom stereocenters. The third-order valence-electron chi connectivity index (χ3n) is 5.15. The van der Waals surface area contributed by atoms with E-state index >= 15 is 0 Å². The van der Waals surface area contributed by atoms with Crippen LogP contribution in [0.2, 0.25) is 0 Å². The molecule has 1 saturated heterocycles. The molecule has 2 aliphatic heterocycles. The van der Waals surface area contributed by atoms with E-state index in [0.717, 1.165) is 0 Å². The van der Waals surface area contributed by atoms with Crippen LogP contribution in [0.5, 0.6) is 0 Å². The minimum atomic E-state index is -3.80. The van der Waals surface area contributed by atoms with Crippen molar-refractivity contribution >= 4 is 25.7 Å². The Balaban J connectivity index is 1.67. The van der Waals surface area contributed by atoms with Gasteiger partial charge in [0, 0.05) is 32.9 Å². The molecule has 1 aromatic heterocycles. The van der Waals surface area contributed by atoms with Gasteiger partial charge in [-0.1, -0.05) is 0 Å². The lowest BCUT2D eigenvalue weighted by Gasteiger charge is -2.26. The summed E-state index contributed by atoms with van der Waals surface area (Å²) >= 11 is 0. The van der Waals surface area contributed by atoms with Gasteiger partial charge in [-0.2, -0.15) is 12.7 Å². The van der Waals surface area contributed by atoms with Gasteiger partial charge in [0.15, 0.2) is 5.03 Å². The fraction of sp³-hybridized carbons (Fsp3) is 0.471. The number of aromatic nitrogens is 2. The van der Waals surface area contributed by atoms with E-state index < -0.39 is 20.0 Å². The molecular formula is C17H22N4O5S2. The maximum absolute atomic E-state index is 13.0. The first-order chi connectivity index (χ1) is 13.2. The van der Waals surface area contributed by atoms with E-state index in [1.807, 2.05) is 0 Å². The number of anilines is 1. The van der Waals surface area contributed by atoms with Gasteiger partial charge in [-0.3, -0.25) is 4.31 Å². The summed E-state index contributed by atoms with van der Waals surface area (Å²) in [6.45, 7) is 3.38. The number of benzene rings is 1. The first-order valence-electron chi connectivity index (χ1n) is 8.95. The van der Waals surface area contributed by atoms with Crippen molar-refractivity contribution in [2.24, 2.45) is 7.05 Å². The van der Waals surface area contributed by atoms with Gasteiger partial charge in [-0.15, -0.1) is 0 Å². The first kappa shape index (κ1) is 19.4. The summed E-state index contributed by atoms with van der Waals surface area (Å²) in [5.74, 6) is 0.602. The third-order valence-corrected chi connectivity index (χ3v) is 8.73. The van der Waals surface area contributed by atoms with E-state index in [-0.39, 0.29) is 16.5 Å². The molecule has 1 fully saturated rings. The number of fused-ring (bicyclic) bond motifs is 1. The zero-order valence-corrected chi connectivity index (χ0v) is 17.3. The molecule has 0 unspecified atom stereocenters. The second-order valence-electron chi connectivity index (χ2n) is 6.87. The molecule has 9 nitrogen and oxygen atoms in total. The van der Waals surface area contributed by atoms with Crippen LogP contribution in [-0.2, 0) is 38.3 Å². The van der Waals surface area contributed by atoms with Gasteiger partial charge in [0.1, 0.15) is 5.82 Å². The molecule has 0 saturated carbocycles. The van der Waals surface area contributed by atoms with Crippen molar-refractivity contribution in [2.45, 2.75) is 23.3 Å². The van der Waals surface area contributed by atoms with Gasteiger partial charge in [0.25, 0.3) is 10.0 Å². The minimum Gasteiger partial charge on any atom is -0.379 e. The summed E-state index contributed by atoms with van der Waals surface area (Å²) in [5, 5.41) is -0.00892. The van der Waals surface area contributed by atoms with Crippen LogP contribution >= 0.6 is 0 Å². The van der Waals surface area contributed by atoms with Gasteiger partial charge >= 0.3 is 0 Å². The van der Waals surface area contributed by atoms with Crippen molar-refractivity contribution < 1.29 is 21.6 Å². The number of rotatable bonds is 4. The number of hydrogen-bond donors (Lipinski definition) is 0. The molecule has 4 rings (SSSR count). The normalized spacial score (nSPS) is 18.4. The van der Waals surface area contributed by atoms with Crippen LogP contribution in [0.1, 0.15) is 11.4 Å². The Morgan fingerprint density at radius 3 is 2.39 bits per heavy atom. The van der Waals surface area contributed by atoms with Gasteiger partial charge in [0.05, 0.1) is 23.8 Å². The van der Waals surface area contributed by atoms with Crippen molar-refractivity contribution in [3.63, 3.8) is 0 Å². The monoisotopic (exact) mass is 426 g/mol. The zero-order valence-electron chi connectivity index (χ0n) is 15.7. The van der Waals surface area contributed by atoms with Crippen molar-refractivity contribution in [1.82, 2.24) is 13.9 Å². The second-order valence-corrected chi connectivity index (χ2v) is 10.6. The Kier molecular flexibility index (Phi) is 4.73. The lowest BCUT2D eigenvalue weighted by atomic mass is 10.2. The predicted octanol–water partition coefficient (Wildman–Crippen LogP) is 0.501. The lowest BCUT2D eigenvalue weighted by Crippen LogP contribution is -2.40. The van der Waals surface area contributed by atoms with Crippen molar-refractivity contribution in [3.05, 3.63) is 35.8 Å². The molecule has 1 aromatic carbocycles. The number of imidazole rings is 1. The highest BCUT2D eigenvalue weighted by atomic mass is 32.2. The predicted molar refractivity (Wildman–Crippen MR) is 102 cm³/mol. The number of nitrogens with zero attached hydrogens (tertiary/aromatic N) is 4. The molecule has 152 valence electrons. The number of morpholine rings is 1. The molecular weight excluding hydrogens is 404 g/mol. The summed E-state index contributed by atoms with van der Waals surface area (Å²) in [6.07, 6.45) is 1.94. The SMILES string of the molecule is Cc1nc(S(=O)(=O)N2CCc3cc(S(=O)(=O)N4CCOCC4)ccc32)cn1C. The summed E-state index contributed by atoms with van der Waals surface area (Å²) in [7, 11) is -5.68.